The normalized spacial score (nSPS) is 10.7. The van der Waals surface area contributed by atoms with E-state index in [4.69, 9.17) is 4.42 Å². The number of hydrogen-bond acceptors (Lipinski definition) is 7. The van der Waals surface area contributed by atoms with E-state index in [1.54, 1.807) is 12.3 Å². The van der Waals surface area contributed by atoms with Crippen molar-refractivity contribution < 1.29 is 9.21 Å². The minimum absolute atomic E-state index is 0.0981. The van der Waals surface area contributed by atoms with E-state index in [1.807, 2.05) is 54.6 Å². The molecule has 7 nitrogen and oxygen atoms in total. The number of amides is 1. The molecule has 2 heterocycles. The van der Waals surface area contributed by atoms with Crippen molar-refractivity contribution in [3.05, 3.63) is 71.3 Å². The summed E-state index contributed by atoms with van der Waals surface area (Å²) in [4.78, 5) is 20.7. The Morgan fingerprint density at radius 1 is 1.00 bits per heavy atom. The summed E-state index contributed by atoms with van der Waals surface area (Å²) in [7, 11) is 0. The first-order valence-electron chi connectivity index (χ1n) is 8.58. The molecule has 1 amide bonds. The number of carbonyl (C=O) groups is 1. The summed E-state index contributed by atoms with van der Waals surface area (Å²) in [5, 5.41) is 11.0. The summed E-state index contributed by atoms with van der Waals surface area (Å²) in [5.41, 5.74) is 2.49. The van der Waals surface area contributed by atoms with Crippen molar-refractivity contribution in [3.8, 4) is 22.7 Å². The lowest BCUT2D eigenvalue weighted by Crippen LogP contribution is -2.16. The molecule has 0 bridgehead atoms. The third kappa shape index (κ3) is 5.07. The van der Waals surface area contributed by atoms with Gasteiger partial charge in [0.05, 0.1) is 11.4 Å². The number of halogens is 1. The fourth-order valence-corrected chi connectivity index (χ4v) is 3.28. The molecule has 0 aliphatic rings. The predicted molar refractivity (Wildman–Crippen MR) is 114 cm³/mol. The predicted octanol–water partition coefficient (Wildman–Crippen LogP) is 4.69. The van der Waals surface area contributed by atoms with Crippen molar-refractivity contribution in [2.45, 2.75) is 5.22 Å². The largest absolute Gasteiger partial charge is 0.411 e. The number of thioether (sulfide) groups is 1. The monoisotopic (exact) mass is 467 g/mol. The molecule has 0 unspecified atom stereocenters. The van der Waals surface area contributed by atoms with Crippen LogP contribution in [0.1, 0.15) is 0 Å². The van der Waals surface area contributed by atoms with E-state index in [0.717, 1.165) is 33.1 Å². The van der Waals surface area contributed by atoms with Crippen LogP contribution in [-0.4, -0.2) is 31.8 Å². The molecule has 0 aliphatic carbocycles. The maximum Gasteiger partial charge on any atom is 0.277 e. The summed E-state index contributed by atoms with van der Waals surface area (Å²) in [6.07, 6.45) is 1.61. The van der Waals surface area contributed by atoms with E-state index in [2.05, 4.69) is 41.4 Å². The van der Waals surface area contributed by atoms with Gasteiger partial charge in [0, 0.05) is 21.8 Å². The number of rotatable bonds is 6. The van der Waals surface area contributed by atoms with Crippen LogP contribution >= 0.6 is 27.7 Å². The Balaban J connectivity index is 1.36. The van der Waals surface area contributed by atoms with Gasteiger partial charge in [-0.2, -0.15) is 0 Å². The van der Waals surface area contributed by atoms with Gasteiger partial charge in [0.25, 0.3) is 5.22 Å². The van der Waals surface area contributed by atoms with E-state index in [0.29, 0.717) is 11.1 Å². The maximum absolute atomic E-state index is 12.2. The standard InChI is InChI=1S/C20H14BrN5O2S/c21-15-8-6-14(7-9-15)18-25-26-20(28-18)29-12-17(27)24-19-22-11-10-16(23-19)13-4-2-1-3-5-13/h1-11H,12H2,(H,22,23,24,27). The van der Waals surface area contributed by atoms with Crippen LogP contribution in [0.25, 0.3) is 22.7 Å². The molecule has 0 saturated heterocycles. The highest BCUT2D eigenvalue weighted by atomic mass is 79.9. The SMILES string of the molecule is O=C(CSc1nnc(-c2ccc(Br)cc2)o1)Nc1nccc(-c2ccccc2)n1. The number of hydrogen-bond donors (Lipinski definition) is 1. The van der Waals surface area contributed by atoms with Gasteiger partial charge in [-0.3, -0.25) is 10.1 Å². The molecule has 2 aromatic heterocycles. The molecule has 4 rings (SSSR count). The average molecular weight is 468 g/mol. The summed E-state index contributed by atoms with van der Waals surface area (Å²) >= 11 is 4.53. The van der Waals surface area contributed by atoms with Gasteiger partial charge in [0.15, 0.2) is 0 Å². The molecule has 0 fully saturated rings. The fourth-order valence-electron chi connectivity index (χ4n) is 2.45. The van der Waals surface area contributed by atoms with E-state index in [9.17, 15) is 4.79 Å². The zero-order valence-electron chi connectivity index (χ0n) is 14.9. The van der Waals surface area contributed by atoms with Crippen molar-refractivity contribution in [3.63, 3.8) is 0 Å². The quantitative estimate of drug-likeness (QED) is 0.411. The molecule has 0 spiro atoms. The van der Waals surface area contributed by atoms with Gasteiger partial charge < -0.3 is 4.42 Å². The van der Waals surface area contributed by atoms with E-state index >= 15 is 0 Å². The second kappa shape index (κ2) is 8.97. The molecule has 0 radical (unpaired) electrons. The maximum atomic E-state index is 12.2. The smallest absolute Gasteiger partial charge is 0.277 e. The van der Waals surface area contributed by atoms with Crippen LogP contribution in [0.2, 0.25) is 0 Å². The number of carbonyl (C=O) groups excluding carboxylic acids is 1. The van der Waals surface area contributed by atoms with Crippen LogP contribution in [0.3, 0.4) is 0 Å². The molecule has 2 aromatic carbocycles. The summed E-state index contributed by atoms with van der Waals surface area (Å²) in [6.45, 7) is 0. The average Bonchev–Trinajstić information content (AvgIpc) is 3.23. The topological polar surface area (TPSA) is 93.8 Å². The highest BCUT2D eigenvalue weighted by Crippen LogP contribution is 2.24. The molecule has 144 valence electrons. The fraction of sp³-hybridized carbons (Fsp3) is 0.0500. The van der Waals surface area contributed by atoms with Gasteiger partial charge in [0.1, 0.15) is 0 Å². The Hall–Kier alpha value is -3.04. The van der Waals surface area contributed by atoms with Crippen LogP contribution in [0, 0.1) is 0 Å². The first-order valence-corrected chi connectivity index (χ1v) is 10.4. The van der Waals surface area contributed by atoms with Gasteiger partial charge in [-0.05, 0) is 30.3 Å². The minimum Gasteiger partial charge on any atom is -0.411 e. The van der Waals surface area contributed by atoms with E-state index < -0.39 is 0 Å². The first-order chi connectivity index (χ1) is 14.2. The van der Waals surface area contributed by atoms with Gasteiger partial charge >= 0.3 is 0 Å². The second-order valence-electron chi connectivity index (χ2n) is 5.85. The van der Waals surface area contributed by atoms with E-state index in [-0.39, 0.29) is 17.6 Å². The molecule has 29 heavy (non-hydrogen) atoms. The van der Waals surface area contributed by atoms with Gasteiger partial charge in [-0.15, -0.1) is 10.2 Å². The summed E-state index contributed by atoms with van der Waals surface area (Å²) < 4.78 is 6.56. The molecular weight excluding hydrogens is 454 g/mol. The second-order valence-corrected chi connectivity index (χ2v) is 7.69. The van der Waals surface area contributed by atoms with Crippen molar-refractivity contribution in [1.82, 2.24) is 20.2 Å². The zero-order chi connectivity index (χ0) is 20.1. The van der Waals surface area contributed by atoms with Crippen molar-refractivity contribution in [1.29, 1.82) is 0 Å². The zero-order valence-corrected chi connectivity index (χ0v) is 17.4. The minimum atomic E-state index is -0.261. The third-order valence-electron chi connectivity index (χ3n) is 3.80. The van der Waals surface area contributed by atoms with Crippen LogP contribution in [-0.2, 0) is 4.79 Å². The van der Waals surface area contributed by atoms with Crippen LogP contribution in [0.5, 0.6) is 0 Å². The Bertz CT molecular complexity index is 1120. The van der Waals surface area contributed by atoms with Crippen molar-refractivity contribution in [2.24, 2.45) is 0 Å². The third-order valence-corrected chi connectivity index (χ3v) is 5.15. The molecule has 0 aliphatic heterocycles. The molecule has 0 atom stereocenters. The number of anilines is 1. The van der Waals surface area contributed by atoms with Gasteiger partial charge in [-0.25, -0.2) is 9.97 Å². The van der Waals surface area contributed by atoms with E-state index in [1.165, 1.54) is 0 Å². The lowest BCUT2D eigenvalue weighted by molar-refractivity contribution is -0.113. The van der Waals surface area contributed by atoms with Crippen molar-refractivity contribution >= 4 is 39.5 Å². The molecule has 4 aromatic rings. The highest BCUT2D eigenvalue weighted by molar-refractivity contribution is 9.10. The lowest BCUT2D eigenvalue weighted by Gasteiger charge is -2.05. The molecular formula is C20H14BrN5O2S. The van der Waals surface area contributed by atoms with Crippen LogP contribution in [0.15, 0.2) is 81.0 Å². The molecule has 9 heteroatoms. The van der Waals surface area contributed by atoms with Crippen LogP contribution < -0.4 is 5.32 Å². The number of nitrogens with one attached hydrogen (secondary N) is 1. The Morgan fingerprint density at radius 2 is 1.79 bits per heavy atom. The summed E-state index contributed by atoms with van der Waals surface area (Å²) in [5.74, 6) is 0.488. The van der Waals surface area contributed by atoms with Crippen molar-refractivity contribution in [2.75, 3.05) is 11.1 Å². The molecule has 1 N–H and O–H groups in total. The van der Waals surface area contributed by atoms with Gasteiger partial charge in [-0.1, -0.05) is 58.0 Å². The lowest BCUT2D eigenvalue weighted by atomic mass is 10.1. The first kappa shape index (κ1) is 19.3. The summed E-state index contributed by atoms with van der Waals surface area (Å²) in [6, 6.07) is 19.0. The Labute approximate surface area is 179 Å². The Morgan fingerprint density at radius 3 is 2.59 bits per heavy atom. The number of aromatic nitrogens is 4. The Kier molecular flexibility index (Phi) is 5.97. The number of nitrogens with zero attached hydrogens (tertiary/aromatic N) is 4. The van der Waals surface area contributed by atoms with Gasteiger partial charge in [0.2, 0.25) is 17.7 Å². The highest BCUT2D eigenvalue weighted by Gasteiger charge is 2.12. The molecule has 0 saturated carbocycles. The number of benzene rings is 2. The van der Waals surface area contributed by atoms with Crippen LogP contribution in [0.4, 0.5) is 5.95 Å².